The maximum atomic E-state index is 13.4. The molecule has 0 aromatic heterocycles. The zero-order valence-corrected chi connectivity index (χ0v) is 11.4. The molecular formula is C12H11ClF2O2S. The minimum absolute atomic E-state index is 0.0916. The monoisotopic (exact) mass is 292 g/mol. The fraction of sp³-hybridized carbons (Fsp3) is 0.333. The van der Waals surface area contributed by atoms with Gasteiger partial charge in [0.2, 0.25) is 0 Å². The molecule has 1 rings (SSSR count). The van der Waals surface area contributed by atoms with E-state index in [9.17, 15) is 18.4 Å². The Hall–Kier alpha value is -0.940. The second-order valence-corrected chi connectivity index (χ2v) is 5.55. The average molecular weight is 293 g/mol. The first kappa shape index (κ1) is 15.1. The summed E-state index contributed by atoms with van der Waals surface area (Å²) in [4.78, 5) is 22.3. The van der Waals surface area contributed by atoms with Crippen molar-refractivity contribution in [1.82, 2.24) is 0 Å². The fourth-order valence-electron chi connectivity index (χ4n) is 1.26. The van der Waals surface area contributed by atoms with Gasteiger partial charge < -0.3 is 0 Å². The van der Waals surface area contributed by atoms with Crippen molar-refractivity contribution >= 4 is 33.7 Å². The van der Waals surface area contributed by atoms with Gasteiger partial charge in [-0.05, 0) is 35.3 Å². The van der Waals surface area contributed by atoms with Crippen LogP contribution in [0.5, 0.6) is 0 Å². The van der Waals surface area contributed by atoms with Crippen molar-refractivity contribution in [3.05, 3.63) is 29.3 Å². The third kappa shape index (κ3) is 4.07. The van der Waals surface area contributed by atoms with Gasteiger partial charge in [-0.25, -0.2) is 8.78 Å². The lowest BCUT2D eigenvalue weighted by Crippen LogP contribution is -2.01. The number of rotatable bonds is 4. The molecule has 0 atom stereocenters. The first-order chi connectivity index (χ1) is 8.31. The number of hydrogen-bond donors (Lipinski definition) is 0. The Labute approximate surface area is 113 Å². The summed E-state index contributed by atoms with van der Waals surface area (Å²) in [6.45, 7) is 3.71. The second kappa shape index (κ2) is 6.29. The summed E-state index contributed by atoms with van der Waals surface area (Å²) in [7, 11) is 0. The molecule has 0 aliphatic heterocycles. The second-order valence-electron chi connectivity index (χ2n) is 4.11. The molecule has 0 N–H and O–H groups in total. The minimum Gasteiger partial charge on any atom is -0.287 e. The number of halogens is 3. The molecule has 98 valence electrons. The lowest BCUT2D eigenvalue weighted by molar-refractivity contribution is -0.111. The molecule has 0 aliphatic rings. The highest BCUT2D eigenvalue weighted by atomic mass is 35.5. The van der Waals surface area contributed by atoms with Crippen molar-refractivity contribution in [2.75, 3.05) is 0 Å². The average Bonchev–Trinajstić information content (AvgIpc) is 2.20. The molecule has 0 saturated carbocycles. The molecular weight excluding hydrogens is 282 g/mol. The number of carbonyl (C=O) groups excluding carboxylic acids is 2. The van der Waals surface area contributed by atoms with E-state index in [4.69, 9.17) is 11.6 Å². The van der Waals surface area contributed by atoms with Gasteiger partial charge in [-0.3, -0.25) is 9.59 Å². The van der Waals surface area contributed by atoms with Crippen LogP contribution in [0.4, 0.5) is 8.78 Å². The van der Waals surface area contributed by atoms with E-state index >= 15 is 0 Å². The minimum atomic E-state index is -1.03. The maximum absolute atomic E-state index is 13.4. The van der Waals surface area contributed by atoms with Crippen LogP contribution in [0.15, 0.2) is 17.0 Å². The molecule has 0 radical (unpaired) electrons. The van der Waals surface area contributed by atoms with Crippen molar-refractivity contribution in [3.8, 4) is 0 Å². The molecule has 0 heterocycles. The van der Waals surface area contributed by atoms with Crippen LogP contribution < -0.4 is 0 Å². The lowest BCUT2D eigenvalue weighted by atomic mass is 10.2. The highest BCUT2D eigenvalue weighted by molar-refractivity contribution is 8.13. The van der Waals surface area contributed by atoms with Gasteiger partial charge in [0.05, 0.1) is 10.5 Å². The van der Waals surface area contributed by atoms with Crippen LogP contribution >= 0.6 is 23.4 Å². The van der Waals surface area contributed by atoms with E-state index in [1.807, 2.05) is 13.8 Å². The molecule has 0 saturated heterocycles. The lowest BCUT2D eigenvalue weighted by Gasteiger charge is -2.06. The highest BCUT2D eigenvalue weighted by Crippen LogP contribution is 2.28. The van der Waals surface area contributed by atoms with E-state index in [1.54, 1.807) is 0 Å². The summed E-state index contributed by atoms with van der Waals surface area (Å²) in [5.74, 6) is -1.77. The maximum Gasteiger partial charge on any atom is 0.255 e. The van der Waals surface area contributed by atoms with E-state index in [0.717, 1.165) is 6.07 Å². The number of benzene rings is 1. The van der Waals surface area contributed by atoms with Crippen LogP contribution in [0, 0.1) is 17.6 Å². The summed E-state index contributed by atoms with van der Waals surface area (Å²) in [6, 6.07) is 1.52. The number of hydrogen-bond acceptors (Lipinski definition) is 3. The van der Waals surface area contributed by atoms with E-state index in [0.29, 0.717) is 17.8 Å². The summed E-state index contributed by atoms with van der Waals surface area (Å²) < 4.78 is 26.6. The topological polar surface area (TPSA) is 34.1 Å². The Morgan fingerprint density at radius 2 is 1.89 bits per heavy atom. The smallest absolute Gasteiger partial charge is 0.255 e. The third-order valence-corrected chi connectivity index (χ3v) is 3.16. The van der Waals surface area contributed by atoms with Gasteiger partial charge in [-0.2, -0.15) is 0 Å². The van der Waals surface area contributed by atoms with Crippen LogP contribution in [-0.4, -0.2) is 10.4 Å². The van der Waals surface area contributed by atoms with Crippen molar-refractivity contribution in [2.24, 2.45) is 5.92 Å². The molecule has 1 aromatic rings. The van der Waals surface area contributed by atoms with Crippen LogP contribution in [0.3, 0.4) is 0 Å². The molecule has 0 bridgehead atoms. The molecule has 0 fully saturated rings. The van der Waals surface area contributed by atoms with Gasteiger partial charge in [-0.1, -0.05) is 13.8 Å². The summed E-state index contributed by atoms with van der Waals surface area (Å²) in [6.07, 6.45) is 0.269. The summed E-state index contributed by atoms with van der Waals surface area (Å²) in [5.41, 5.74) is -0.432. The first-order valence-electron chi connectivity index (χ1n) is 5.20. The molecule has 6 heteroatoms. The van der Waals surface area contributed by atoms with E-state index in [1.165, 1.54) is 0 Å². The molecule has 18 heavy (non-hydrogen) atoms. The molecule has 0 aliphatic carbocycles. The molecule has 0 spiro atoms. The number of carbonyl (C=O) groups is 2. The van der Waals surface area contributed by atoms with E-state index in [2.05, 4.69) is 0 Å². The largest absolute Gasteiger partial charge is 0.287 e. The van der Waals surface area contributed by atoms with Crippen LogP contribution in [-0.2, 0) is 4.79 Å². The zero-order valence-electron chi connectivity index (χ0n) is 9.80. The van der Waals surface area contributed by atoms with E-state index < -0.39 is 22.4 Å². The van der Waals surface area contributed by atoms with Crippen molar-refractivity contribution < 1.29 is 18.4 Å². The Kier molecular flexibility index (Phi) is 5.28. The SMILES string of the molecule is CC(C)CC(=O)Sc1cc(C(=O)Cl)c(F)cc1F. The van der Waals surface area contributed by atoms with Crippen molar-refractivity contribution in [3.63, 3.8) is 0 Å². The van der Waals surface area contributed by atoms with Gasteiger partial charge in [-0.15, -0.1) is 0 Å². The Balaban J connectivity index is 2.99. The Bertz CT molecular complexity index is 489. The zero-order chi connectivity index (χ0) is 13.9. The predicted octanol–water partition coefficient (Wildman–Crippen LogP) is 4.01. The number of thioether (sulfide) groups is 1. The Morgan fingerprint density at radius 3 is 2.39 bits per heavy atom. The Morgan fingerprint density at radius 1 is 1.28 bits per heavy atom. The normalized spacial score (nSPS) is 10.8. The van der Waals surface area contributed by atoms with Crippen LogP contribution in [0.1, 0.15) is 30.6 Å². The fourth-order valence-corrected chi connectivity index (χ4v) is 2.40. The van der Waals surface area contributed by atoms with Crippen molar-refractivity contribution in [1.29, 1.82) is 0 Å². The quantitative estimate of drug-likeness (QED) is 0.621. The molecule has 2 nitrogen and oxygen atoms in total. The van der Waals surface area contributed by atoms with Crippen LogP contribution in [0.25, 0.3) is 0 Å². The van der Waals surface area contributed by atoms with E-state index in [-0.39, 0.29) is 22.3 Å². The first-order valence-corrected chi connectivity index (χ1v) is 6.40. The van der Waals surface area contributed by atoms with Gasteiger partial charge in [0.15, 0.2) is 5.12 Å². The van der Waals surface area contributed by atoms with Gasteiger partial charge in [0.25, 0.3) is 5.24 Å². The van der Waals surface area contributed by atoms with Crippen LogP contribution in [0.2, 0.25) is 0 Å². The highest BCUT2D eigenvalue weighted by Gasteiger charge is 2.17. The third-order valence-electron chi connectivity index (χ3n) is 2.03. The predicted molar refractivity (Wildman–Crippen MR) is 66.9 cm³/mol. The summed E-state index contributed by atoms with van der Waals surface area (Å²) in [5, 5.41) is -1.27. The molecule has 0 amide bonds. The van der Waals surface area contributed by atoms with Gasteiger partial charge >= 0.3 is 0 Å². The summed E-state index contributed by atoms with van der Waals surface area (Å²) >= 11 is 5.81. The van der Waals surface area contributed by atoms with Gasteiger partial charge in [0, 0.05) is 12.5 Å². The van der Waals surface area contributed by atoms with Gasteiger partial charge in [0.1, 0.15) is 11.6 Å². The molecule has 0 unspecified atom stereocenters. The molecule has 1 aromatic carbocycles. The van der Waals surface area contributed by atoms with Crippen molar-refractivity contribution in [2.45, 2.75) is 25.2 Å². The standard InChI is InChI=1S/C12H11ClF2O2S/c1-6(2)3-11(16)18-10-4-7(12(13)17)8(14)5-9(10)15/h4-6H,3H2,1-2H3.